The highest BCUT2D eigenvalue weighted by Crippen LogP contribution is 2.33. The highest BCUT2D eigenvalue weighted by molar-refractivity contribution is 9.10. The molecule has 1 heterocycles. The Labute approximate surface area is 132 Å². The summed E-state index contributed by atoms with van der Waals surface area (Å²) < 4.78 is 12.0. The molecule has 3 nitrogen and oxygen atoms in total. The van der Waals surface area contributed by atoms with Gasteiger partial charge in [-0.15, -0.1) is 11.3 Å². The molecule has 0 saturated carbocycles. The topological polar surface area (TPSA) is 30.5 Å². The Morgan fingerprint density at radius 3 is 2.75 bits per heavy atom. The van der Waals surface area contributed by atoms with Gasteiger partial charge in [-0.2, -0.15) is 0 Å². The van der Waals surface area contributed by atoms with Gasteiger partial charge in [-0.25, -0.2) is 0 Å². The van der Waals surface area contributed by atoms with Crippen LogP contribution in [0.3, 0.4) is 0 Å². The maximum atomic E-state index is 5.60. The summed E-state index contributed by atoms with van der Waals surface area (Å²) in [6.07, 6.45) is 0. The first-order valence-corrected chi connectivity index (χ1v) is 8.14. The number of thiophene rings is 1. The van der Waals surface area contributed by atoms with Gasteiger partial charge in [0, 0.05) is 22.4 Å². The van der Waals surface area contributed by atoms with Gasteiger partial charge in [-0.3, -0.25) is 0 Å². The van der Waals surface area contributed by atoms with E-state index in [2.05, 4.69) is 38.8 Å². The Balaban J connectivity index is 2.04. The summed E-state index contributed by atoms with van der Waals surface area (Å²) in [6, 6.07) is 8.17. The predicted molar refractivity (Wildman–Crippen MR) is 86.7 cm³/mol. The van der Waals surface area contributed by atoms with E-state index in [0.29, 0.717) is 6.61 Å². The largest absolute Gasteiger partial charge is 0.493 e. The molecule has 2 aromatic rings. The lowest BCUT2D eigenvalue weighted by Gasteiger charge is -2.13. The van der Waals surface area contributed by atoms with E-state index in [9.17, 15) is 0 Å². The maximum absolute atomic E-state index is 5.60. The van der Waals surface area contributed by atoms with Gasteiger partial charge in [0.15, 0.2) is 11.5 Å². The molecule has 1 N–H and O–H groups in total. The molecule has 20 heavy (non-hydrogen) atoms. The molecule has 0 fully saturated rings. The van der Waals surface area contributed by atoms with Crippen LogP contribution < -0.4 is 14.8 Å². The van der Waals surface area contributed by atoms with Crippen LogP contribution >= 0.6 is 27.3 Å². The lowest BCUT2D eigenvalue weighted by Crippen LogP contribution is -2.12. The van der Waals surface area contributed by atoms with Gasteiger partial charge in [-0.05, 0) is 36.1 Å². The molecule has 1 aromatic heterocycles. The molecule has 108 valence electrons. The Morgan fingerprint density at radius 1 is 1.25 bits per heavy atom. The zero-order valence-electron chi connectivity index (χ0n) is 11.6. The molecule has 5 heteroatoms. The number of hydrogen-bond acceptors (Lipinski definition) is 4. The van der Waals surface area contributed by atoms with Crippen LogP contribution in [0.1, 0.15) is 17.4 Å². The van der Waals surface area contributed by atoms with E-state index in [4.69, 9.17) is 9.47 Å². The summed E-state index contributed by atoms with van der Waals surface area (Å²) in [5, 5.41) is 5.53. The molecule has 0 unspecified atom stereocenters. The van der Waals surface area contributed by atoms with Crippen molar-refractivity contribution in [1.29, 1.82) is 0 Å². The first kappa shape index (κ1) is 15.4. The SMILES string of the molecule is CCOc1cc(CNCc2cccs2)c(Br)cc1OC. The summed E-state index contributed by atoms with van der Waals surface area (Å²) in [7, 11) is 1.65. The third-order valence-electron chi connectivity index (χ3n) is 2.83. The van der Waals surface area contributed by atoms with Crippen molar-refractivity contribution >= 4 is 27.3 Å². The van der Waals surface area contributed by atoms with Crippen LogP contribution in [0.5, 0.6) is 11.5 Å². The van der Waals surface area contributed by atoms with Crippen molar-refractivity contribution in [3.05, 3.63) is 44.6 Å². The molecule has 0 radical (unpaired) electrons. The minimum atomic E-state index is 0.625. The van der Waals surface area contributed by atoms with E-state index in [1.165, 1.54) is 4.88 Å². The molecule has 0 bridgehead atoms. The van der Waals surface area contributed by atoms with Crippen LogP contribution in [0.25, 0.3) is 0 Å². The molecule has 1 aromatic carbocycles. The van der Waals surface area contributed by atoms with E-state index in [0.717, 1.165) is 34.6 Å². The maximum Gasteiger partial charge on any atom is 0.161 e. The van der Waals surface area contributed by atoms with Crippen LogP contribution in [0.4, 0.5) is 0 Å². The lowest BCUT2D eigenvalue weighted by atomic mass is 10.2. The molecular formula is C15H18BrNO2S. The van der Waals surface area contributed by atoms with E-state index in [-0.39, 0.29) is 0 Å². The van der Waals surface area contributed by atoms with Crippen LogP contribution in [0.2, 0.25) is 0 Å². The summed E-state index contributed by atoms with van der Waals surface area (Å²) >= 11 is 5.34. The second kappa shape index (κ2) is 7.67. The second-order valence-electron chi connectivity index (χ2n) is 4.21. The quantitative estimate of drug-likeness (QED) is 0.806. The molecular weight excluding hydrogens is 338 g/mol. The van der Waals surface area contributed by atoms with Crippen LogP contribution in [-0.2, 0) is 13.1 Å². The average molecular weight is 356 g/mol. The Kier molecular flexibility index (Phi) is 5.88. The standard InChI is InChI=1S/C15H18BrNO2S/c1-3-19-15-7-11(13(16)8-14(15)18-2)9-17-10-12-5-4-6-20-12/h4-8,17H,3,9-10H2,1-2H3. The van der Waals surface area contributed by atoms with E-state index >= 15 is 0 Å². The van der Waals surface area contributed by atoms with E-state index in [1.807, 2.05) is 19.1 Å². The normalized spacial score (nSPS) is 10.6. The first-order chi connectivity index (χ1) is 9.74. The van der Waals surface area contributed by atoms with Gasteiger partial charge >= 0.3 is 0 Å². The molecule has 0 aliphatic heterocycles. The van der Waals surface area contributed by atoms with Gasteiger partial charge < -0.3 is 14.8 Å². The first-order valence-electron chi connectivity index (χ1n) is 6.47. The third-order valence-corrected chi connectivity index (χ3v) is 4.44. The minimum Gasteiger partial charge on any atom is -0.493 e. The fourth-order valence-corrected chi connectivity index (χ4v) is 3.01. The summed E-state index contributed by atoms with van der Waals surface area (Å²) in [5.74, 6) is 1.53. The summed E-state index contributed by atoms with van der Waals surface area (Å²) in [4.78, 5) is 1.33. The highest BCUT2D eigenvalue weighted by atomic mass is 79.9. The fourth-order valence-electron chi connectivity index (χ4n) is 1.87. The number of nitrogens with one attached hydrogen (secondary N) is 1. The molecule has 0 spiro atoms. The number of halogens is 1. The van der Waals surface area contributed by atoms with Crippen LogP contribution in [0, 0.1) is 0 Å². The number of rotatable bonds is 7. The highest BCUT2D eigenvalue weighted by Gasteiger charge is 2.09. The Morgan fingerprint density at radius 2 is 2.10 bits per heavy atom. The molecule has 0 aliphatic carbocycles. The van der Waals surface area contributed by atoms with Gasteiger partial charge in [0.25, 0.3) is 0 Å². The molecule has 0 saturated heterocycles. The van der Waals surface area contributed by atoms with Crippen molar-refractivity contribution in [2.24, 2.45) is 0 Å². The van der Waals surface area contributed by atoms with E-state index < -0.39 is 0 Å². The van der Waals surface area contributed by atoms with Crippen molar-refractivity contribution in [2.45, 2.75) is 20.0 Å². The van der Waals surface area contributed by atoms with Crippen molar-refractivity contribution in [3.8, 4) is 11.5 Å². The predicted octanol–water partition coefficient (Wildman–Crippen LogP) is 4.21. The third kappa shape index (κ3) is 3.98. The molecule has 2 rings (SSSR count). The Hall–Kier alpha value is -1.04. The van der Waals surface area contributed by atoms with E-state index in [1.54, 1.807) is 18.4 Å². The van der Waals surface area contributed by atoms with Crippen LogP contribution in [0.15, 0.2) is 34.1 Å². The summed E-state index contributed by atoms with van der Waals surface area (Å²) in [6.45, 7) is 4.25. The summed E-state index contributed by atoms with van der Waals surface area (Å²) in [5.41, 5.74) is 1.16. The number of methoxy groups -OCH3 is 1. The van der Waals surface area contributed by atoms with Gasteiger partial charge in [-0.1, -0.05) is 22.0 Å². The van der Waals surface area contributed by atoms with Crippen molar-refractivity contribution < 1.29 is 9.47 Å². The van der Waals surface area contributed by atoms with Gasteiger partial charge in [0.2, 0.25) is 0 Å². The number of benzene rings is 1. The van der Waals surface area contributed by atoms with Crippen molar-refractivity contribution in [2.75, 3.05) is 13.7 Å². The smallest absolute Gasteiger partial charge is 0.161 e. The van der Waals surface area contributed by atoms with Crippen molar-refractivity contribution in [3.63, 3.8) is 0 Å². The second-order valence-corrected chi connectivity index (χ2v) is 6.10. The number of ether oxygens (including phenoxy) is 2. The average Bonchev–Trinajstić information content (AvgIpc) is 2.95. The fraction of sp³-hybridized carbons (Fsp3) is 0.333. The lowest BCUT2D eigenvalue weighted by molar-refractivity contribution is 0.310. The Bertz CT molecular complexity index is 543. The molecule has 0 atom stereocenters. The zero-order valence-corrected chi connectivity index (χ0v) is 14.0. The number of hydrogen-bond donors (Lipinski definition) is 1. The minimum absolute atomic E-state index is 0.625. The zero-order chi connectivity index (χ0) is 14.4. The molecule has 0 amide bonds. The van der Waals surface area contributed by atoms with Crippen LogP contribution in [-0.4, -0.2) is 13.7 Å². The van der Waals surface area contributed by atoms with Gasteiger partial charge in [0.05, 0.1) is 13.7 Å². The molecule has 0 aliphatic rings. The van der Waals surface area contributed by atoms with Gasteiger partial charge in [0.1, 0.15) is 0 Å². The van der Waals surface area contributed by atoms with Crippen molar-refractivity contribution in [1.82, 2.24) is 5.32 Å². The monoisotopic (exact) mass is 355 g/mol.